The molecule has 4 rings (SSSR count). The van der Waals surface area contributed by atoms with Crippen LogP contribution in [0.2, 0.25) is 0 Å². The van der Waals surface area contributed by atoms with Crippen molar-refractivity contribution in [3.63, 3.8) is 0 Å². The van der Waals surface area contributed by atoms with Gasteiger partial charge in [0, 0.05) is 0 Å². The van der Waals surface area contributed by atoms with E-state index in [9.17, 15) is 14.7 Å². The molecule has 0 spiro atoms. The average molecular weight is 383 g/mol. The molecule has 8 heteroatoms. The van der Waals surface area contributed by atoms with Crippen LogP contribution in [0.4, 0.5) is 5.13 Å². The number of nitrogens with zero attached hydrogens (tertiary/aromatic N) is 3. The van der Waals surface area contributed by atoms with E-state index in [0.29, 0.717) is 10.0 Å². The highest BCUT2D eigenvalue weighted by molar-refractivity contribution is 7.13. The first kappa shape index (κ1) is 16.6. The lowest BCUT2D eigenvalue weighted by Crippen LogP contribution is -2.31. The molecule has 1 N–H and O–H groups in total. The number of carbonyl (C=O) groups excluding carboxylic acids is 2. The molecule has 26 heavy (non-hydrogen) atoms. The Labute approximate surface area is 157 Å². The molecular weight excluding hydrogens is 370 g/mol. The minimum atomic E-state index is -0.745. The fraction of sp³-hybridized carbons (Fsp3) is 0.111. The predicted molar refractivity (Wildman–Crippen MR) is 99.6 cm³/mol. The standard InChI is InChI=1S/C18H13N3O3S2/c1-10-4-2-5-11(8-10)14-13(15(22)12-6-3-7-25-12)16(23)17(24)21(14)18-20-19-9-26-18/h2-9,14,23H,1H3. The van der Waals surface area contributed by atoms with E-state index in [4.69, 9.17) is 0 Å². The van der Waals surface area contributed by atoms with Crippen LogP contribution in [0, 0.1) is 6.92 Å². The minimum absolute atomic E-state index is 0.0678. The Hall–Kier alpha value is -2.84. The van der Waals surface area contributed by atoms with Gasteiger partial charge in [0.2, 0.25) is 10.9 Å². The summed E-state index contributed by atoms with van der Waals surface area (Å²) < 4.78 is 0. The number of benzene rings is 1. The van der Waals surface area contributed by atoms with E-state index < -0.39 is 17.7 Å². The Bertz CT molecular complexity index is 1010. The Kier molecular flexibility index (Phi) is 4.14. The normalized spacial score (nSPS) is 17.2. The Morgan fingerprint density at radius 2 is 2.08 bits per heavy atom. The first-order valence-electron chi connectivity index (χ1n) is 7.75. The number of aliphatic hydroxyl groups excluding tert-OH is 1. The number of aliphatic hydroxyl groups is 1. The van der Waals surface area contributed by atoms with E-state index in [1.54, 1.807) is 17.5 Å². The third kappa shape index (κ3) is 2.63. The molecule has 2 aromatic heterocycles. The van der Waals surface area contributed by atoms with Crippen molar-refractivity contribution in [3.8, 4) is 0 Å². The molecule has 130 valence electrons. The van der Waals surface area contributed by atoms with Gasteiger partial charge < -0.3 is 5.11 Å². The van der Waals surface area contributed by atoms with Crippen molar-refractivity contribution < 1.29 is 14.7 Å². The molecule has 1 atom stereocenters. The van der Waals surface area contributed by atoms with Gasteiger partial charge in [0.1, 0.15) is 5.51 Å². The number of amides is 1. The minimum Gasteiger partial charge on any atom is -0.503 e. The number of ketones is 1. The van der Waals surface area contributed by atoms with Crippen molar-refractivity contribution in [1.82, 2.24) is 10.2 Å². The zero-order chi connectivity index (χ0) is 18.3. The lowest BCUT2D eigenvalue weighted by atomic mass is 9.94. The van der Waals surface area contributed by atoms with E-state index in [1.807, 2.05) is 31.2 Å². The molecule has 0 saturated carbocycles. The molecular formula is C18H13N3O3S2. The van der Waals surface area contributed by atoms with Gasteiger partial charge in [0.25, 0.3) is 5.91 Å². The van der Waals surface area contributed by atoms with Crippen molar-refractivity contribution in [2.45, 2.75) is 13.0 Å². The van der Waals surface area contributed by atoms with Gasteiger partial charge in [-0.1, -0.05) is 47.2 Å². The van der Waals surface area contributed by atoms with Gasteiger partial charge in [-0.2, -0.15) is 0 Å². The Morgan fingerprint density at radius 1 is 1.23 bits per heavy atom. The monoisotopic (exact) mass is 383 g/mol. The quantitative estimate of drug-likeness (QED) is 0.695. The second-order valence-corrected chi connectivity index (χ2v) is 7.54. The van der Waals surface area contributed by atoms with Crippen LogP contribution < -0.4 is 4.90 Å². The molecule has 6 nitrogen and oxygen atoms in total. The largest absolute Gasteiger partial charge is 0.503 e. The molecule has 0 bridgehead atoms. The highest BCUT2D eigenvalue weighted by atomic mass is 32.1. The Balaban J connectivity index is 1.89. The average Bonchev–Trinajstić information content (AvgIpc) is 3.37. The highest BCUT2D eigenvalue weighted by Gasteiger charge is 2.46. The summed E-state index contributed by atoms with van der Waals surface area (Å²) in [6, 6.07) is 10.2. The van der Waals surface area contributed by atoms with Crippen LogP contribution in [0.25, 0.3) is 0 Å². The van der Waals surface area contributed by atoms with Gasteiger partial charge in [0.05, 0.1) is 16.5 Å². The van der Waals surface area contributed by atoms with Crippen LogP contribution in [0.3, 0.4) is 0 Å². The molecule has 0 saturated heterocycles. The van der Waals surface area contributed by atoms with Crippen LogP contribution in [0.5, 0.6) is 0 Å². The summed E-state index contributed by atoms with van der Waals surface area (Å²) in [6.07, 6.45) is 0. The topological polar surface area (TPSA) is 83.4 Å². The summed E-state index contributed by atoms with van der Waals surface area (Å²) in [5.41, 5.74) is 3.30. The fourth-order valence-corrected chi connectivity index (χ4v) is 4.27. The highest BCUT2D eigenvalue weighted by Crippen LogP contribution is 2.42. The third-order valence-electron chi connectivity index (χ3n) is 4.11. The summed E-state index contributed by atoms with van der Waals surface area (Å²) in [5.74, 6) is -1.54. The van der Waals surface area contributed by atoms with Crippen molar-refractivity contribution in [3.05, 3.63) is 74.6 Å². The van der Waals surface area contributed by atoms with Crippen LogP contribution in [-0.4, -0.2) is 27.0 Å². The maximum Gasteiger partial charge on any atom is 0.296 e. The first-order valence-corrected chi connectivity index (χ1v) is 9.51. The molecule has 3 heterocycles. The number of thiophene rings is 1. The van der Waals surface area contributed by atoms with Crippen LogP contribution in [0.15, 0.2) is 58.6 Å². The first-order chi connectivity index (χ1) is 12.6. The number of anilines is 1. The molecule has 0 aliphatic carbocycles. The van der Waals surface area contributed by atoms with Gasteiger partial charge >= 0.3 is 0 Å². The number of aromatic nitrogens is 2. The van der Waals surface area contributed by atoms with Gasteiger partial charge in [-0.3, -0.25) is 14.5 Å². The lowest BCUT2D eigenvalue weighted by molar-refractivity contribution is -0.117. The van der Waals surface area contributed by atoms with E-state index in [2.05, 4.69) is 10.2 Å². The molecule has 1 aliphatic rings. The summed E-state index contributed by atoms with van der Waals surface area (Å²) >= 11 is 2.45. The van der Waals surface area contributed by atoms with Gasteiger partial charge in [-0.25, -0.2) is 0 Å². The van der Waals surface area contributed by atoms with Gasteiger partial charge in [0.15, 0.2) is 5.76 Å². The number of carbonyl (C=O) groups is 2. The number of Topliss-reactive ketones (excluding diaryl/α,β-unsaturated/α-hetero) is 1. The molecule has 1 aliphatic heterocycles. The maximum absolute atomic E-state index is 13.0. The number of aryl methyl sites for hydroxylation is 1. The summed E-state index contributed by atoms with van der Waals surface area (Å²) in [6.45, 7) is 1.93. The molecule has 1 amide bonds. The van der Waals surface area contributed by atoms with Crippen molar-refractivity contribution >= 4 is 39.5 Å². The molecule has 0 radical (unpaired) electrons. The lowest BCUT2D eigenvalue weighted by Gasteiger charge is -2.24. The fourth-order valence-electron chi connectivity index (χ4n) is 3.00. The molecule has 3 aromatic rings. The van der Waals surface area contributed by atoms with E-state index in [1.165, 1.54) is 33.1 Å². The van der Waals surface area contributed by atoms with Gasteiger partial charge in [-0.05, 0) is 23.9 Å². The second kappa shape index (κ2) is 6.47. The zero-order valence-corrected chi connectivity index (χ0v) is 15.3. The van der Waals surface area contributed by atoms with Gasteiger partial charge in [-0.15, -0.1) is 21.5 Å². The summed E-state index contributed by atoms with van der Waals surface area (Å²) in [7, 11) is 0. The van der Waals surface area contributed by atoms with Crippen LogP contribution in [0.1, 0.15) is 26.8 Å². The summed E-state index contributed by atoms with van der Waals surface area (Å²) in [5, 5.41) is 20.4. The second-order valence-electron chi connectivity index (χ2n) is 5.78. The number of rotatable bonds is 4. The summed E-state index contributed by atoms with van der Waals surface area (Å²) in [4.78, 5) is 27.6. The van der Waals surface area contributed by atoms with E-state index >= 15 is 0 Å². The van der Waals surface area contributed by atoms with Crippen LogP contribution in [-0.2, 0) is 4.79 Å². The third-order valence-corrected chi connectivity index (χ3v) is 5.67. The van der Waals surface area contributed by atoms with E-state index in [-0.39, 0.29) is 11.4 Å². The molecule has 0 fully saturated rings. The Morgan fingerprint density at radius 3 is 2.73 bits per heavy atom. The SMILES string of the molecule is Cc1cccc(C2C(C(=O)c3cccs3)=C(O)C(=O)N2c2nncs2)c1. The molecule has 1 aromatic carbocycles. The predicted octanol–water partition coefficient (Wildman–Crippen LogP) is 3.69. The smallest absolute Gasteiger partial charge is 0.296 e. The molecule has 1 unspecified atom stereocenters. The number of hydrogen-bond donors (Lipinski definition) is 1. The number of hydrogen-bond acceptors (Lipinski definition) is 7. The van der Waals surface area contributed by atoms with Crippen molar-refractivity contribution in [1.29, 1.82) is 0 Å². The zero-order valence-electron chi connectivity index (χ0n) is 13.6. The maximum atomic E-state index is 13.0. The van der Waals surface area contributed by atoms with E-state index in [0.717, 1.165) is 11.1 Å². The van der Waals surface area contributed by atoms with Crippen molar-refractivity contribution in [2.24, 2.45) is 0 Å². The van der Waals surface area contributed by atoms with Crippen LogP contribution >= 0.6 is 22.7 Å². The van der Waals surface area contributed by atoms with Crippen molar-refractivity contribution in [2.75, 3.05) is 4.90 Å².